The van der Waals surface area contributed by atoms with Gasteiger partial charge in [0.25, 0.3) is 5.91 Å². The van der Waals surface area contributed by atoms with Crippen LogP contribution in [0, 0.1) is 29.6 Å². The third kappa shape index (κ3) is 3.25. The summed E-state index contributed by atoms with van der Waals surface area (Å²) in [5.41, 5.74) is 1.18. The molecule has 3 rings (SSSR count). The van der Waals surface area contributed by atoms with Crippen molar-refractivity contribution in [2.75, 3.05) is 13.2 Å². The molecule has 110 valence electrons. The Hall–Kier alpha value is -1.86. The Balaban J connectivity index is 1.58. The molecule has 2 fully saturated rings. The van der Waals surface area contributed by atoms with E-state index in [1.807, 2.05) is 0 Å². The Kier molecular flexibility index (Phi) is 4.21. The molecule has 0 aromatic carbocycles. The lowest BCUT2D eigenvalue weighted by Gasteiger charge is -2.21. The van der Waals surface area contributed by atoms with Gasteiger partial charge in [0.2, 0.25) is 0 Å². The second-order valence-electron chi connectivity index (χ2n) is 6.07. The zero-order chi connectivity index (χ0) is 14.7. The smallest absolute Gasteiger partial charge is 0.252 e. The highest BCUT2D eigenvalue weighted by Crippen LogP contribution is 2.47. The number of aromatic nitrogens is 1. The number of pyridine rings is 1. The summed E-state index contributed by atoms with van der Waals surface area (Å²) in [5.74, 6) is 7.61. The molecule has 2 N–H and O–H groups in total. The second-order valence-corrected chi connectivity index (χ2v) is 6.07. The molecule has 1 amide bonds. The van der Waals surface area contributed by atoms with E-state index in [2.05, 4.69) is 22.1 Å². The van der Waals surface area contributed by atoms with Crippen molar-refractivity contribution in [1.82, 2.24) is 10.3 Å². The van der Waals surface area contributed by atoms with Crippen LogP contribution in [0.25, 0.3) is 0 Å². The Morgan fingerprint density at radius 2 is 2.29 bits per heavy atom. The molecule has 0 radical (unpaired) electrons. The minimum atomic E-state index is -0.194. The third-order valence-corrected chi connectivity index (χ3v) is 4.72. The Morgan fingerprint density at radius 1 is 1.38 bits per heavy atom. The molecule has 1 aromatic heterocycles. The number of rotatable bonds is 3. The van der Waals surface area contributed by atoms with E-state index in [4.69, 9.17) is 5.11 Å². The lowest BCUT2D eigenvalue weighted by atomic mass is 9.89. The highest BCUT2D eigenvalue weighted by atomic mass is 16.2. The summed E-state index contributed by atoms with van der Waals surface area (Å²) < 4.78 is 0. The number of amides is 1. The molecule has 0 aliphatic heterocycles. The van der Waals surface area contributed by atoms with Crippen LogP contribution in [-0.2, 0) is 0 Å². The van der Waals surface area contributed by atoms with Crippen LogP contribution in [-0.4, -0.2) is 29.1 Å². The maximum Gasteiger partial charge on any atom is 0.252 e. The summed E-state index contributed by atoms with van der Waals surface area (Å²) in [4.78, 5) is 16.2. The first-order valence-corrected chi connectivity index (χ1v) is 7.59. The summed E-state index contributed by atoms with van der Waals surface area (Å²) in [7, 11) is 0. The SMILES string of the molecule is O=C(NCC1CC2CCC1C2)c1cncc(C#CCO)c1. The van der Waals surface area contributed by atoms with Crippen LogP contribution in [0.15, 0.2) is 18.5 Å². The normalized spacial score (nSPS) is 26.2. The Bertz CT molecular complexity index is 588. The number of fused-ring (bicyclic) bond motifs is 2. The molecule has 2 aliphatic carbocycles. The van der Waals surface area contributed by atoms with E-state index >= 15 is 0 Å². The van der Waals surface area contributed by atoms with E-state index < -0.39 is 0 Å². The van der Waals surface area contributed by atoms with Crippen molar-refractivity contribution >= 4 is 5.91 Å². The van der Waals surface area contributed by atoms with Crippen molar-refractivity contribution < 1.29 is 9.90 Å². The van der Waals surface area contributed by atoms with E-state index in [9.17, 15) is 4.79 Å². The minimum Gasteiger partial charge on any atom is -0.384 e. The summed E-state index contributed by atoms with van der Waals surface area (Å²) in [5, 5.41) is 11.7. The maximum absolute atomic E-state index is 12.2. The molecule has 2 aliphatic rings. The number of nitrogens with zero attached hydrogens (tertiary/aromatic N) is 1. The van der Waals surface area contributed by atoms with Gasteiger partial charge in [0, 0.05) is 24.5 Å². The molecule has 1 heterocycles. The third-order valence-electron chi connectivity index (χ3n) is 4.72. The van der Waals surface area contributed by atoms with Crippen molar-refractivity contribution in [1.29, 1.82) is 0 Å². The van der Waals surface area contributed by atoms with Crippen molar-refractivity contribution in [3.63, 3.8) is 0 Å². The van der Waals surface area contributed by atoms with Gasteiger partial charge in [-0.1, -0.05) is 18.3 Å². The topological polar surface area (TPSA) is 62.2 Å². The van der Waals surface area contributed by atoms with Gasteiger partial charge in [0.05, 0.1) is 5.56 Å². The van der Waals surface area contributed by atoms with Gasteiger partial charge >= 0.3 is 0 Å². The number of hydrogen-bond acceptors (Lipinski definition) is 3. The number of carbonyl (C=O) groups excluding carboxylic acids is 1. The first-order valence-electron chi connectivity index (χ1n) is 7.59. The lowest BCUT2D eigenvalue weighted by Crippen LogP contribution is -2.31. The molecule has 4 heteroatoms. The highest BCUT2D eigenvalue weighted by Gasteiger charge is 2.39. The summed E-state index contributed by atoms with van der Waals surface area (Å²) in [6.07, 6.45) is 8.48. The van der Waals surface area contributed by atoms with Gasteiger partial charge in [0.1, 0.15) is 6.61 Å². The molecule has 2 bridgehead atoms. The molecule has 3 atom stereocenters. The number of nitrogens with one attached hydrogen (secondary N) is 1. The lowest BCUT2D eigenvalue weighted by molar-refractivity contribution is 0.0941. The fraction of sp³-hybridized carbons (Fsp3) is 0.529. The Morgan fingerprint density at radius 3 is 3.00 bits per heavy atom. The molecule has 0 saturated heterocycles. The zero-order valence-electron chi connectivity index (χ0n) is 12.0. The average molecular weight is 284 g/mol. The van der Waals surface area contributed by atoms with Gasteiger partial charge in [-0.2, -0.15) is 0 Å². The van der Waals surface area contributed by atoms with Crippen LogP contribution >= 0.6 is 0 Å². The van der Waals surface area contributed by atoms with Gasteiger partial charge < -0.3 is 10.4 Å². The fourth-order valence-electron chi connectivity index (χ4n) is 3.73. The predicted molar refractivity (Wildman–Crippen MR) is 79.5 cm³/mol. The fourth-order valence-corrected chi connectivity index (χ4v) is 3.73. The molecule has 3 unspecified atom stereocenters. The van der Waals surface area contributed by atoms with Crippen LogP contribution in [0.3, 0.4) is 0 Å². The van der Waals surface area contributed by atoms with Crippen LogP contribution < -0.4 is 5.32 Å². The summed E-state index contributed by atoms with van der Waals surface area (Å²) in [6, 6.07) is 1.71. The van der Waals surface area contributed by atoms with E-state index in [0.29, 0.717) is 17.0 Å². The number of aliphatic hydroxyl groups excluding tert-OH is 1. The molecular formula is C17H20N2O2. The van der Waals surface area contributed by atoms with Crippen LogP contribution in [0.4, 0.5) is 0 Å². The number of carbonyl (C=O) groups is 1. The Labute approximate surface area is 125 Å². The van der Waals surface area contributed by atoms with Crippen LogP contribution in [0.1, 0.15) is 41.6 Å². The minimum absolute atomic E-state index is 0.0853. The van der Waals surface area contributed by atoms with E-state index in [0.717, 1.165) is 18.4 Å². The molecule has 1 aromatic rings. The number of aliphatic hydroxyl groups is 1. The standard InChI is InChI=1S/C17H20N2O2/c20-5-1-2-13-8-16(10-18-9-13)17(21)19-11-15-7-12-3-4-14(15)6-12/h8-10,12,14-15,20H,3-7,11H2,(H,19,21). The van der Waals surface area contributed by atoms with Gasteiger partial charge in [0.15, 0.2) is 0 Å². The second kappa shape index (κ2) is 6.28. The van der Waals surface area contributed by atoms with Crippen LogP contribution in [0.2, 0.25) is 0 Å². The van der Waals surface area contributed by atoms with Gasteiger partial charge in [-0.3, -0.25) is 9.78 Å². The largest absolute Gasteiger partial charge is 0.384 e. The molecule has 0 spiro atoms. The predicted octanol–water partition coefficient (Wildman–Crippen LogP) is 1.59. The first-order chi connectivity index (χ1) is 10.3. The number of hydrogen-bond donors (Lipinski definition) is 2. The first kappa shape index (κ1) is 14.1. The molecule has 2 saturated carbocycles. The van der Waals surface area contributed by atoms with Gasteiger partial charge in [-0.15, -0.1) is 0 Å². The molecular weight excluding hydrogens is 264 g/mol. The monoisotopic (exact) mass is 284 g/mol. The van der Waals surface area contributed by atoms with Gasteiger partial charge in [-0.25, -0.2) is 0 Å². The van der Waals surface area contributed by atoms with Gasteiger partial charge in [-0.05, 0) is 43.1 Å². The van der Waals surface area contributed by atoms with Crippen molar-refractivity contribution in [3.05, 3.63) is 29.6 Å². The quantitative estimate of drug-likeness (QED) is 0.829. The van der Waals surface area contributed by atoms with E-state index in [1.165, 1.54) is 25.7 Å². The van der Waals surface area contributed by atoms with Crippen molar-refractivity contribution in [3.8, 4) is 11.8 Å². The highest BCUT2D eigenvalue weighted by molar-refractivity contribution is 5.94. The summed E-state index contributed by atoms with van der Waals surface area (Å²) in [6.45, 7) is 0.577. The molecule has 4 nitrogen and oxygen atoms in total. The summed E-state index contributed by atoms with van der Waals surface area (Å²) >= 11 is 0. The zero-order valence-corrected chi connectivity index (χ0v) is 12.0. The van der Waals surface area contributed by atoms with Crippen molar-refractivity contribution in [2.45, 2.75) is 25.7 Å². The van der Waals surface area contributed by atoms with E-state index in [1.54, 1.807) is 18.5 Å². The maximum atomic E-state index is 12.2. The van der Waals surface area contributed by atoms with Crippen LogP contribution in [0.5, 0.6) is 0 Å². The molecule has 21 heavy (non-hydrogen) atoms. The van der Waals surface area contributed by atoms with E-state index in [-0.39, 0.29) is 12.5 Å². The van der Waals surface area contributed by atoms with Crippen molar-refractivity contribution in [2.24, 2.45) is 17.8 Å². The average Bonchev–Trinajstić information content (AvgIpc) is 3.13.